The summed E-state index contributed by atoms with van der Waals surface area (Å²) in [6, 6.07) is 9.72. The SMILES string of the molecule is CCCOC(=O)C(C)Sc1ncn(-c2ccccc2)n1. The molecule has 1 atom stereocenters. The zero-order valence-electron chi connectivity index (χ0n) is 11.5. The Hall–Kier alpha value is -1.82. The second-order valence-electron chi connectivity index (χ2n) is 4.23. The minimum absolute atomic E-state index is 0.229. The highest BCUT2D eigenvalue weighted by Crippen LogP contribution is 2.20. The molecule has 0 amide bonds. The number of nitrogens with zero attached hydrogens (tertiary/aromatic N) is 3. The van der Waals surface area contributed by atoms with Crippen molar-refractivity contribution in [3.05, 3.63) is 36.7 Å². The Morgan fingerprint density at radius 1 is 1.40 bits per heavy atom. The Morgan fingerprint density at radius 3 is 2.85 bits per heavy atom. The quantitative estimate of drug-likeness (QED) is 0.605. The molecule has 2 rings (SSSR count). The number of carbonyl (C=O) groups excluding carboxylic acids is 1. The lowest BCUT2D eigenvalue weighted by Crippen LogP contribution is -2.17. The molecule has 1 aromatic carbocycles. The molecule has 0 saturated carbocycles. The fourth-order valence-electron chi connectivity index (χ4n) is 1.53. The van der Waals surface area contributed by atoms with E-state index in [1.807, 2.05) is 37.3 Å². The maximum Gasteiger partial charge on any atom is 0.319 e. The Bertz CT molecular complexity index is 557. The number of hydrogen-bond acceptors (Lipinski definition) is 5. The highest BCUT2D eigenvalue weighted by Gasteiger charge is 2.18. The van der Waals surface area contributed by atoms with E-state index in [1.165, 1.54) is 11.8 Å². The number of carbonyl (C=O) groups is 1. The molecule has 0 aliphatic rings. The lowest BCUT2D eigenvalue weighted by Gasteiger charge is -2.08. The van der Waals surface area contributed by atoms with Crippen LogP contribution in [0.3, 0.4) is 0 Å². The van der Waals surface area contributed by atoms with E-state index >= 15 is 0 Å². The van der Waals surface area contributed by atoms with Gasteiger partial charge in [-0.15, -0.1) is 5.10 Å². The van der Waals surface area contributed by atoms with E-state index in [2.05, 4.69) is 10.1 Å². The van der Waals surface area contributed by atoms with E-state index in [9.17, 15) is 4.79 Å². The molecule has 0 bridgehead atoms. The first-order valence-electron chi connectivity index (χ1n) is 6.51. The fourth-order valence-corrected chi connectivity index (χ4v) is 2.26. The summed E-state index contributed by atoms with van der Waals surface area (Å²) < 4.78 is 6.78. The first-order chi connectivity index (χ1) is 9.70. The van der Waals surface area contributed by atoms with E-state index in [1.54, 1.807) is 17.9 Å². The van der Waals surface area contributed by atoms with Crippen molar-refractivity contribution in [2.45, 2.75) is 30.7 Å². The lowest BCUT2D eigenvalue weighted by atomic mass is 10.3. The van der Waals surface area contributed by atoms with Crippen molar-refractivity contribution in [1.29, 1.82) is 0 Å². The number of hydrogen-bond donors (Lipinski definition) is 0. The van der Waals surface area contributed by atoms with Gasteiger partial charge in [-0.1, -0.05) is 36.9 Å². The van der Waals surface area contributed by atoms with Crippen LogP contribution in [0, 0.1) is 0 Å². The highest BCUT2D eigenvalue weighted by molar-refractivity contribution is 8.00. The number of rotatable bonds is 6. The third-order valence-corrected chi connectivity index (χ3v) is 3.50. The summed E-state index contributed by atoms with van der Waals surface area (Å²) in [6.07, 6.45) is 2.46. The van der Waals surface area contributed by atoms with Crippen LogP contribution in [0.5, 0.6) is 0 Å². The molecular formula is C14H17N3O2S. The van der Waals surface area contributed by atoms with Gasteiger partial charge in [-0.2, -0.15) is 0 Å². The monoisotopic (exact) mass is 291 g/mol. The third-order valence-electron chi connectivity index (χ3n) is 2.55. The van der Waals surface area contributed by atoms with Crippen LogP contribution in [0.25, 0.3) is 5.69 Å². The van der Waals surface area contributed by atoms with E-state index in [0.29, 0.717) is 11.8 Å². The van der Waals surface area contributed by atoms with Gasteiger partial charge < -0.3 is 4.74 Å². The first kappa shape index (κ1) is 14.6. The Labute approximate surface area is 122 Å². The van der Waals surface area contributed by atoms with E-state index in [4.69, 9.17) is 4.74 Å². The zero-order valence-corrected chi connectivity index (χ0v) is 12.3. The summed E-state index contributed by atoms with van der Waals surface area (Å²) in [4.78, 5) is 15.9. The summed E-state index contributed by atoms with van der Waals surface area (Å²) in [7, 11) is 0. The molecule has 6 heteroatoms. The third kappa shape index (κ3) is 3.84. The minimum Gasteiger partial charge on any atom is -0.465 e. The average molecular weight is 291 g/mol. The topological polar surface area (TPSA) is 57.0 Å². The summed E-state index contributed by atoms with van der Waals surface area (Å²) in [5, 5.41) is 4.60. The molecule has 1 heterocycles. The number of aromatic nitrogens is 3. The number of benzene rings is 1. The largest absolute Gasteiger partial charge is 0.465 e. The normalized spacial score (nSPS) is 12.1. The highest BCUT2D eigenvalue weighted by atomic mass is 32.2. The molecule has 5 nitrogen and oxygen atoms in total. The molecule has 0 radical (unpaired) electrons. The summed E-state index contributed by atoms with van der Waals surface area (Å²) in [5.41, 5.74) is 0.938. The van der Waals surface area contributed by atoms with Crippen LogP contribution in [0.2, 0.25) is 0 Å². The van der Waals surface area contributed by atoms with Gasteiger partial charge in [-0.05, 0) is 25.5 Å². The maximum atomic E-state index is 11.7. The van der Waals surface area contributed by atoms with Gasteiger partial charge >= 0.3 is 5.97 Å². The molecule has 0 saturated heterocycles. The number of para-hydroxylation sites is 1. The number of ether oxygens (including phenoxy) is 1. The van der Waals surface area contributed by atoms with Gasteiger partial charge in [0.2, 0.25) is 5.16 Å². The second-order valence-corrected chi connectivity index (χ2v) is 5.54. The van der Waals surface area contributed by atoms with Crippen molar-refractivity contribution in [3.63, 3.8) is 0 Å². The maximum absolute atomic E-state index is 11.7. The molecule has 0 N–H and O–H groups in total. The van der Waals surface area contributed by atoms with Crippen molar-refractivity contribution >= 4 is 17.7 Å². The van der Waals surface area contributed by atoms with Crippen LogP contribution < -0.4 is 0 Å². The summed E-state index contributed by atoms with van der Waals surface area (Å²) >= 11 is 1.30. The van der Waals surface area contributed by atoms with Gasteiger partial charge in [0, 0.05) is 0 Å². The summed E-state index contributed by atoms with van der Waals surface area (Å²) in [5.74, 6) is -0.229. The molecule has 2 aromatic rings. The first-order valence-corrected chi connectivity index (χ1v) is 7.39. The van der Waals surface area contributed by atoms with Crippen LogP contribution in [-0.2, 0) is 9.53 Å². The van der Waals surface area contributed by atoms with Gasteiger partial charge in [-0.3, -0.25) is 4.79 Å². The number of thioether (sulfide) groups is 1. The van der Waals surface area contributed by atoms with Crippen molar-refractivity contribution in [1.82, 2.24) is 14.8 Å². The van der Waals surface area contributed by atoms with Crippen LogP contribution >= 0.6 is 11.8 Å². The number of esters is 1. The van der Waals surface area contributed by atoms with Crippen molar-refractivity contribution in [2.75, 3.05) is 6.61 Å². The van der Waals surface area contributed by atoms with Crippen LogP contribution in [0.4, 0.5) is 0 Å². The van der Waals surface area contributed by atoms with Crippen molar-refractivity contribution in [2.24, 2.45) is 0 Å². The molecule has 1 aromatic heterocycles. The van der Waals surface area contributed by atoms with E-state index in [-0.39, 0.29) is 11.2 Å². The van der Waals surface area contributed by atoms with Gasteiger partial charge in [0.1, 0.15) is 11.6 Å². The molecular weight excluding hydrogens is 274 g/mol. The van der Waals surface area contributed by atoms with Gasteiger partial charge in [0.05, 0.1) is 12.3 Å². The van der Waals surface area contributed by atoms with Crippen LogP contribution in [-0.4, -0.2) is 32.6 Å². The smallest absolute Gasteiger partial charge is 0.319 e. The Morgan fingerprint density at radius 2 is 2.15 bits per heavy atom. The standard InChI is InChI=1S/C14H17N3O2S/c1-3-9-19-13(18)11(2)20-14-15-10-17(16-14)12-7-5-4-6-8-12/h4-8,10-11H,3,9H2,1-2H3. The molecule has 0 aliphatic heterocycles. The molecule has 106 valence electrons. The predicted octanol–water partition coefficient (Wildman–Crippen LogP) is 2.70. The fraction of sp³-hybridized carbons (Fsp3) is 0.357. The Kier molecular flexibility index (Phi) is 5.17. The van der Waals surface area contributed by atoms with Gasteiger partial charge in [-0.25, -0.2) is 9.67 Å². The molecule has 20 heavy (non-hydrogen) atoms. The summed E-state index contributed by atoms with van der Waals surface area (Å²) in [6.45, 7) is 4.22. The molecule has 0 aliphatic carbocycles. The lowest BCUT2D eigenvalue weighted by molar-refractivity contribution is -0.142. The van der Waals surface area contributed by atoms with Gasteiger partial charge in [0.15, 0.2) is 0 Å². The van der Waals surface area contributed by atoms with Gasteiger partial charge in [0.25, 0.3) is 0 Å². The van der Waals surface area contributed by atoms with Crippen molar-refractivity contribution in [3.8, 4) is 5.69 Å². The van der Waals surface area contributed by atoms with Crippen LogP contribution in [0.15, 0.2) is 41.8 Å². The van der Waals surface area contributed by atoms with Crippen LogP contribution in [0.1, 0.15) is 20.3 Å². The molecule has 0 spiro atoms. The Balaban J connectivity index is 1.98. The molecule has 0 fully saturated rings. The van der Waals surface area contributed by atoms with E-state index in [0.717, 1.165) is 12.1 Å². The minimum atomic E-state index is -0.312. The molecule has 1 unspecified atom stereocenters. The van der Waals surface area contributed by atoms with E-state index < -0.39 is 0 Å². The van der Waals surface area contributed by atoms with Crippen molar-refractivity contribution < 1.29 is 9.53 Å². The average Bonchev–Trinajstić information content (AvgIpc) is 2.94. The second kappa shape index (κ2) is 7.09. The predicted molar refractivity (Wildman–Crippen MR) is 77.9 cm³/mol. The zero-order chi connectivity index (χ0) is 14.4.